The van der Waals surface area contributed by atoms with Gasteiger partial charge in [-0.2, -0.15) is 0 Å². The summed E-state index contributed by atoms with van der Waals surface area (Å²) in [5, 5.41) is 5.59. The Morgan fingerprint density at radius 3 is 2.24 bits per heavy atom. The largest absolute Gasteiger partial charge is 0.444 e. The summed E-state index contributed by atoms with van der Waals surface area (Å²) in [5.74, 6) is -0.950. The number of rotatable bonds is 11. The number of nitrogens with one attached hydrogen (secondary N) is 2. The molecule has 0 saturated carbocycles. The molecule has 3 amide bonds. The van der Waals surface area contributed by atoms with E-state index in [0.717, 1.165) is 35.3 Å². The Hall–Kier alpha value is -3.79. The van der Waals surface area contributed by atoms with Crippen LogP contribution in [-0.2, 0) is 20.7 Å². The van der Waals surface area contributed by atoms with Gasteiger partial charge >= 0.3 is 6.09 Å². The van der Waals surface area contributed by atoms with Crippen LogP contribution in [0.4, 0.5) is 4.79 Å². The summed E-state index contributed by atoms with van der Waals surface area (Å²) in [6.45, 7) is 9.72. The maximum absolute atomic E-state index is 13.9. The highest BCUT2D eigenvalue weighted by Gasteiger charge is 2.36. The molecule has 37 heavy (non-hydrogen) atoms. The normalized spacial score (nSPS) is 12.5. The lowest BCUT2D eigenvalue weighted by atomic mass is 10.00. The Balaban J connectivity index is 2.40. The Morgan fingerprint density at radius 2 is 1.68 bits per heavy atom. The molecule has 0 heterocycles. The number of nitrogens with zero attached hydrogens (tertiary/aromatic N) is 1. The van der Waals surface area contributed by atoms with Crippen molar-refractivity contribution in [3.63, 3.8) is 0 Å². The number of carbonyl (C=O) groups excluding carboxylic acids is 3. The molecule has 0 aliphatic rings. The lowest BCUT2D eigenvalue weighted by molar-refractivity contribution is -0.138. The lowest BCUT2D eigenvalue weighted by Gasteiger charge is -2.30. The van der Waals surface area contributed by atoms with Gasteiger partial charge in [0.05, 0.1) is 0 Å². The fraction of sp³-hybridized carbons (Fsp3) is 0.433. The van der Waals surface area contributed by atoms with Crippen molar-refractivity contribution in [3.05, 3.63) is 71.3 Å². The van der Waals surface area contributed by atoms with E-state index in [-0.39, 0.29) is 12.3 Å². The highest BCUT2D eigenvalue weighted by molar-refractivity contribution is 5.93. The summed E-state index contributed by atoms with van der Waals surface area (Å²) >= 11 is 0. The van der Waals surface area contributed by atoms with Crippen molar-refractivity contribution in [1.29, 1.82) is 0 Å². The molecule has 0 radical (unpaired) electrons. The average Bonchev–Trinajstić information content (AvgIpc) is 2.84. The first kappa shape index (κ1) is 29.4. The highest BCUT2D eigenvalue weighted by atomic mass is 16.6. The van der Waals surface area contributed by atoms with Crippen LogP contribution >= 0.6 is 0 Å². The summed E-state index contributed by atoms with van der Waals surface area (Å²) in [5.41, 5.74) is 1.67. The third-order valence-electron chi connectivity index (χ3n) is 5.63. The molecule has 0 spiro atoms. The second-order valence-electron chi connectivity index (χ2n) is 10.0. The van der Waals surface area contributed by atoms with Crippen LogP contribution in [0.3, 0.4) is 0 Å². The molecule has 0 aliphatic carbocycles. The minimum Gasteiger partial charge on any atom is -0.444 e. The van der Waals surface area contributed by atoms with Crippen LogP contribution in [0, 0.1) is 19.4 Å². The Labute approximate surface area is 221 Å². The molecule has 2 unspecified atom stereocenters. The van der Waals surface area contributed by atoms with Gasteiger partial charge < -0.3 is 15.4 Å². The molecule has 0 aromatic heterocycles. The predicted octanol–water partition coefficient (Wildman–Crippen LogP) is 4.90. The molecule has 0 aliphatic heterocycles. The number of terminal acetylenes is 1. The topological polar surface area (TPSA) is 87.7 Å². The molecule has 0 fully saturated rings. The fourth-order valence-corrected chi connectivity index (χ4v) is 3.78. The number of carbonyl (C=O) groups is 3. The van der Waals surface area contributed by atoms with Gasteiger partial charge in [-0.15, -0.1) is 0 Å². The van der Waals surface area contributed by atoms with Crippen LogP contribution in [-0.4, -0.2) is 41.0 Å². The first-order chi connectivity index (χ1) is 17.6. The van der Waals surface area contributed by atoms with Gasteiger partial charge in [0.15, 0.2) is 0 Å². The van der Waals surface area contributed by atoms with E-state index < -0.39 is 29.7 Å². The van der Waals surface area contributed by atoms with E-state index in [1.54, 1.807) is 32.9 Å². The van der Waals surface area contributed by atoms with Crippen molar-refractivity contribution < 1.29 is 19.1 Å². The number of amides is 3. The Bertz CT molecular complexity index is 1070. The van der Waals surface area contributed by atoms with Gasteiger partial charge in [0.25, 0.3) is 5.91 Å². The number of hydrogen-bond donors (Lipinski definition) is 2. The van der Waals surface area contributed by atoms with E-state index in [9.17, 15) is 14.4 Å². The van der Waals surface area contributed by atoms with Crippen molar-refractivity contribution in [2.75, 3.05) is 6.54 Å². The van der Waals surface area contributed by atoms with E-state index in [0.29, 0.717) is 12.1 Å². The molecular weight excluding hydrogens is 466 g/mol. The van der Waals surface area contributed by atoms with Crippen molar-refractivity contribution in [3.8, 4) is 12.5 Å². The van der Waals surface area contributed by atoms with Crippen molar-refractivity contribution in [1.82, 2.24) is 15.5 Å². The van der Waals surface area contributed by atoms with Crippen LogP contribution in [0.2, 0.25) is 0 Å². The maximum atomic E-state index is 13.9. The molecule has 2 atom stereocenters. The number of alkyl carbamates (subject to hydrolysis) is 1. The first-order valence-electron chi connectivity index (χ1n) is 12.7. The number of aryl methyl sites for hydroxylation is 1. The highest BCUT2D eigenvalue weighted by Crippen LogP contribution is 2.23. The van der Waals surface area contributed by atoms with Gasteiger partial charge in [-0.05, 0) is 45.2 Å². The van der Waals surface area contributed by atoms with Gasteiger partial charge in [-0.1, -0.05) is 86.3 Å². The monoisotopic (exact) mass is 505 g/mol. The second kappa shape index (κ2) is 14.1. The van der Waals surface area contributed by atoms with Crippen molar-refractivity contribution in [2.45, 2.75) is 78.0 Å². The van der Waals surface area contributed by atoms with Crippen LogP contribution < -0.4 is 10.6 Å². The molecule has 0 saturated heterocycles. The van der Waals surface area contributed by atoms with E-state index >= 15 is 0 Å². The van der Waals surface area contributed by atoms with E-state index in [1.807, 2.05) is 49.4 Å². The van der Waals surface area contributed by atoms with E-state index in [4.69, 9.17) is 11.2 Å². The van der Waals surface area contributed by atoms with Crippen LogP contribution in [0.1, 0.15) is 69.7 Å². The molecule has 2 rings (SSSR count). The molecule has 198 valence electrons. The maximum Gasteiger partial charge on any atom is 0.408 e. The van der Waals surface area contributed by atoms with Gasteiger partial charge in [-0.25, -0.2) is 4.79 Å². The second-order valence-corrected chi connectivity index (χ2v) is 10.0. The van der Waals surface area contributed by atoms with Crippen LogP contribution in [0.15, 0.2) is 54.6 Å². The van der Waals surface area contributed by atoms with Crippen LogP contribution in [0.25, 0.3) is 0 Å². The predicted molar refractivity (Wildman–Crippen MR) is 145 cm³/mol. The molecular formula is C30H39N3O4. The van der Waals surface area contributed by atoms with Gasteiger partial charge in [-0.3, -0.25) is 14.5 Å². The molecule has 2 N–H and O–H groups in total. The number of unbranched alkanes of at least 4 members (excludes halogenated alkanes) is 2. The minimum atomic E-state index is -1.06. The zero-order valence-corrected chi connectivity index (χ0v) is 22.5. The summed E-state index contributed by atoms with van der Waals surface area (Å²) < 4.78 is 5.40. The summed E-state index contributed by atoms with van der Waals surface area (Å²) in [7, 11) is 0. The third-order valence-corrected chi connectivity index (χ3v) is 5.63. The third kappa shape index (κ3) is 9.64. The number of benzene rings is 2. The molecule has 2 aromatic carbocycles. The minimum absolute atomic E-state index is 0.176. The lowest BCUT2D eigenvalue weighted by Crippen LogP contribution is -2.52. The summed E-state index contributed by atoms with van der Waals surface area (Å²) in [6, 6.07) is 16.9. The SMILES string of the molecule is C#CN(C(=O)C(Cc1ccccc1)NC(=O)OC(C)(C)C)C(C(=O)NCCCCC)c1ccc(C)cc1. The Kier molecular flexibility index (Phi) is 11.2. The van der Waals surface area contributed by atoms with E-state index in [1.165, 1.54) is 0 Å². The zero-order chi connectivity index (χ0) is 27.4. The van der Waals surface area contributed by atoms with Crippen LogP contribution in [0.5, 0.6) is 0 Å². The van der Waals surface area contributed by atoms with Gasteiger partial charge in [0.1, 0.15) is 17.7 Å². The standard InChI is InChI=1S/C30H39N3O4/c1-7-9-13-20-31-27(34)26(24-18-16-22(3)17-19-24)33(8-2)28(35)25(21-23-14-11-10-12-15-23)32-29(36)37-30(4,5)6/h2,10-12,14-19,25-26H,7,9,13,20-21H2,1,3-6H3,(H,31,34)(H,32,36). The molecule has 2 aromatic rings. The van der Waals surface area contributed by atoms with Gasteiger partial charge in [0.2, 0.25) is 5.91 Å². The fourth-order valence-electron chi connectivity index (χ4n) is 3.78. The smallest absolute Gasteiger partial charge is 0.408 e. The first-order valence-corrected chi connectivity index (χ1v) is 12.7. The number of hydrogen-bond acceptors (Lipinski definition) is 4. The van der Waals surface area contributed by atoms with Gasteiger partial charge in [0, 0.05) is 19.0 Å². The van der Waals surface area contributed by atoms with Crippen molar-refractivity contribution >= 4 is 17.9 Å². The van der Waals surface area contributed by atoms with Crippen molar-refractivity contribution in [2.24, 2.45) is 0 Å². The number of ether oxygens (including phenoxy) is 1. The molecule has 0 bridgehead atoms. The molecule has 7 heteroatoms. The average molecular weight is 506 g/mol. The molecule has 7 nitrogen and oxygen atoms in total. The summed E-state index contributed by atoms with van der Waals surface area (Å²) in [4.78, 5) is 41.0. The Morgan fingerprint density at radius 1 is 1.03 bits per heavy atom. The van der Waals surface area contributed by atoms with E-state index in [2.05, 4.69) is 23.6 Å². The zero-order valence-electron chi connectivity index (χ0n) is 22.5. The quantitative estimate of drug-likeness (QED) is 0.258. The summed E-state index contributed by atoms with van der Waals surface area (Å²) in [6.07, 6.45) is 8.11.